The van der Waals surface area contributed by atoms with E-state index < -0.39 is 11.7 Å². The van der Waals surface area contributed by atoms with Gasteiger partial charge in [-0.05, 0) is 44.5 Å². The molecule has 1 heterocycles. The summed E-state index contributed by atoms with van der Waals surface area (Å²) in [5, 5.41) is 0. The summed E-state index contributed by atoms with van der Waals surface area (Å²) < 4.78 is 45.5. The van der Waals surface area contributed by atoms with Crippen LogP contribution >= 0.6 is 0 Å². The maximum atomic E-state index is 13.3. The molecule has 2 aromatic rings. The quantitative estimate of drug-likeness (QED) is 0.773. The predicted molar refractivity (Wildman–Crippen MR) is 82.2 cm³/mol. The van der Waals surface area contributed by atoms with Crippen LogP contribution in [0.1, 0.15) is 38.1 Å². The van der Waals surface area contributed by atoms with Crippen LogP contribution < -0.4 is 4.74 Å². The fourth-order valence-corrected chi connectivity index (χ4v) is 2.31. The molecule has 6 heteroatoms. The molecular formula is C17H19F3N2O. The minimum atomic E-state index is -4.49. The Morgan fingerprint density at radius 2 is 1.96 bits per heavy atom. The van der Waals surface area contributed by atoms with Gasteiger partial charge in [-0.3, -0.25) is 0 Å². The first kappa shape index (κ1) is 17.2. The third kappa shape index (κ3) is 4.43. The summed E-state index contributed by atoms with van der Waals surface area (Å²) in [4.78, 5) is 8.12. The second-order valence-corrected chi connectivity index (χ2v) is 5.41. The van der Waals surface area contributed by atoms with Gasteiger partial charge in [0, 0.05) is 11.8 Å². The Morgan fingerprint density at radius 3 is 2.57 bits per heavy atom. The van der Waals surface area contributed by atoms with E-state index in [0.29, 0.717) is 23.5 Å². The monoisotopic (exact) mass is 324 g/mol. The van der Waals surface area contributed by atoms with Gasteiger partial charge >= 0.3 is 6.18 Å². The van der Waals surface area contributed by atoms with Crippen LogP contribution in [0, 0.1) is 6.92 Å². The van der Waals surface area contributed by atoms with Crippen molar-refractivity contribution in [3.05, 3.63) is 41.9 Å². The Labute approximate surface area is 133 Å². The summed E-state index contributed by atoms with van der Waals surface area (Å²) in [6.45, 7) is 5.43. The zero-order valence-electron chi connectivity index (χ0n) is 13.3. The smallest absolute Gasteiger partial charge is 0.419 e. The molecule has 1 unspecified atom stereocenters. The first-order chi connectivity index (χ1) is 10.8. The Morgan fingerprint density at radius 1 is 1.22 bits per heavy atom. The third-order valence-corrected chi connectivity index (χ3v) is 3.38. The van der Waals surface area contributed by atoms with Crippen molar-refractivity contribution < 1.29 is 17.9 Å². The molecule has 0 aliphatic carbocycles. The van der Waals surface area contributed by atoms with Crippen LogP contribution in [0.2, 0.25) is 0 Å². The highest BCUT2D eigenvalue weighted by molar-refractivity contribution is 5.62. The van der Waals surface area contributed by atoms with Crippen LogP contribution in [-0.4, -0.2) is 16.1 Å². The zero-order valence-corrected chi connectivity index (χ0v) is 13.3. The number of rotatable bonds is 5. The van der Waals surface area contributed by atoms with Crippen LogP contribution in [0.4, 0.5) is 13.2 Å². The van der Waals surface area contributed by atoms with Gasteiger partial charge in [0.25, 0.3) is 0 Å². The molecule has 0 spiro atoms. The van der Waals surface area contributed by atoms with Crippen LogP contribution in [0.5, 0.6) is 5.75 Å². The SMILES string of the molecule is CCCC(C)Oc1ccc(-c2ccnc(C)n2)cc1C(F)(F)F. The van der Waals surface area contributed by atoms with Gasteiger partial charge in [-0.2, -0.15) is 13.2 Å². The molecule has 124 valence electrons. The van der Waals surface area contributed by atoms with Crippen molar-refractivity contribution in [2.75, 3.05) is 0 Å². The fourth-order valence-electron chi connectivity index (χ4n) is 2.31. The predicted octanol–water partition coefficient (Wildman–Crippen LogP) is 5.04. The summed E-state index contributed by atoms with van der Waals surface area (Å²) in [5.74, 6) is 0.362. The molecule has 0 fully saturated rings. The molecule has 0 saturated carbocycles. The maximum absolute atomic E-state index is 13.3. The molecule has 1 atom stereocenters. The zero-order chi connectivity index (χ0) is 17.0. The van der Waals surface area contributed by atoms with Gasteiger partial charge in [0.15, 0.2) is 0 Å². The number of hydrogen-bond acceptors (Lipinski definition) is 3. The van der Waals surface area contributed by atoms with E-state index in [9.17, 15) is 13.2 Å². The highest BCUT2D eigenvalue weighted by atomic mass is 19.4. The average molecular weight is 324 g/mol. The van der Waals surface area contributed by atoms with Crippen LogP contribution in [0.15, 0.2) is 30.5 Å². The van der Waals surface area contributed by atoms with Crippen LogP contribution in [0.3, 0.4) is 0 Å². The normalized spacial score (nSPS) is 13.0. The first-order valence-electron chi connectivity index (χ1n) is 7.49. The second kappa shape index (κ2) is 6.98. The lowest BCUT2D eigenvalue weighted by Gasteiger charge is -2.19. The lowest BCUT2D eigenvalue weighted by atomic mass is 10.1. The molecule has 0 amide bonds. The summed E-state index contributed by atoms with van der Waals surface area (Å²) in [5.41, 5.74) is 0.0590. The van der Waals surface area contributed by atoms with Crippen molar-refractivity contribution in [2.24, 2.45) is 0 Å². The molecule has 0 aliphatic rings. The highest BCUT2D eigenvalue weighted by Gasteiger charge is 2.35. The van der Waals surface area contributed by atoms with Gasteiger partial charge in [-0.1, -0.05) is 13.3 Å². The number of halogens is 3. The van der Waals surface area contributed by atoms with E-state index in [1.54, 1.807) is 26.0 Å². The van der Waals surface area contributed by atoms with Crippen molar-refractivity contribution in [2.45, 2.75) is 45.9 Å². The van der Waals surface area contributed by atoms with E-state index in [1.807, 2.05) is 6.92 Å². The number of benzene rings is 1. The molecule has 0 radical (unpaired) electrons. The van der Waals surface area contributed by atoms with Crippen molar-refractivity contribution in [1.29, 1.82) is 0 Å². The van der Waals surface area contributed by atoms with Gasteiger partial charge in [-0.25, -0.2) is 9.97 Å². The van der Waals surface area contributed by atoms with E-state index >= 15 is 0 Å². The lowest BCUT2D eigenvalue weighted by Crippen LogP contribution is -2.15. The van der Waals surface area contributed by atoms with E-state index in [-0.39, 0.29) is 11.9 Å². The Hall–Kier alpha value is -2.11. The molecule has 0 bridgehead atoms. The molecule has 0 saturated heterocycles. The van der Waals surface area contributed by atoms with Gasteiger partial charge in [-0.15, -0.1) is 0 Å². The van der Waals surface area contributed by atoms with Crippen molar-refractivity contribution in [3.8, 4) is 17.0 Å². The fraction of sp³-hybridized carbons (Fsp3) is 0.412. The number of ether oxygens (including phenoxy) is 1. The molecule has 23 heavy (non-hydrogen) atoms. The number of hydrogen-bond donors (Lipinski definition) is 0. The van der Waals surface area contributed by atoms with Gasteiger partial charge in [0.1, 0.15) is 11.6 Å². The highest BCUT2D eigenvalue weighted by Crippen LogP contribution is 2.39. The first-order valence-corrected chi connectivity index (χ1v) is 7.49. The Bertz CT molecular complexity index is 671. The van der Waals surface area contributed by atoms with Crippen LogP contribution in [0.25, 0.3) is 11.3 Å². The summed E-state index contributed by atoms with van der Waals surface area (Å²) >= 11 is 0. The van der Waals surface area contributed by atoms with E-state index in [1.165, 1.54) is 12.3 Å². The lowest BCUT2D eigenvalue weighted by molar-refractivity contribution is -0.139. The third-order valence-electron chi connectivity index (χ3n) is 3.38. The van der Waals surface area contributed by atoms with Gasteiger partial charge < -0.3 is 4.74 Å². The van der Waals surface area contributed by atoms with Gasteiger partial charge in [0.2, 0.25) is 0 Å². The molecule has 2 rings (SSSR count). The standard InChI is InChI=1S/C17H19F3N2O/c1-4-5-11(2)23-16-7-6-13(10-14(16)17(18,19)20)15-8-9-21-12(3)22-15/h6-11H,4-5H2,1-3H3. The molecule has 1 aromatic heterocycles. The van der Waals surface area contributed by atoms with E-state index in [2.05, 4.69) is 9.97 Å². The maximum Gasteiger partial charge on any atom is 0.419 e. The summed E-state index contributed by atoms with van der Waals surface area (Å²) in [7, 11) is 0. The minimum absolute atomic E-state index is 0.145. The number of aryl methyl sites for hydroxylation is 1. The largest absolute Gasteiger partial charge is 0.490 e. The van der Waals surface area contributed by atoms with E-state index in [4.69, 9.17) is 4.74 Å². The summed E-state index contributed by atoms with van der Waals surface area (Å²) in [6, 6.07) is 5.62. The molecule has 0 aliphatic heterocycles. The van der Waals surface area contributed by atoms with E-state index in [0.717, 1.165) is 12.5 Å². The topological polar surface area (TPSA) is 35.0 Å². The number of nitrogens with zero attached hydrogens (tertiary/aromatic N) is 2. The minimum Gasteiger partial charge on any atom is -0.490 e. The molecule has 3 nitrogen and oxygen atoms in total. The van der Waals surface area contributed by atoms with Gasteiger partial charge in [0.05, 0.1) is 17.4 Å². The summed E-state index contributed by atoms with van der Waals surface area (Å²) in [6.07, 6.45) is -1.68. The van der Waals surface area contributed by atoms with Crippen molar-refractivity contribution in [3.63, 3.8) is 0 Å². The average Bonchev–Trinajstić information content (AvgIpc) is 2.46. The number of alkyl halides is 3. The van der Waals surface area contributed by atoms with Crippen LogP contribution in [-0.2, 0) is 6.18 Å². The van der Waals surface area contributed by atoms with Crippen molar-refractivity contribution in [1.82, 2.24) is 9.97 Å². The molecule has 0 N–H and O–H groups in total. The Kier molecular flexibility index (Phi) is 5.23. The molecular weight excluding hydrogens is 305 g/mol. The van der Waals surface area contributed by atoms with Crippen molar-refractivity contribution >= 4 is 0 Å². The second-order valence-electron chi connectivity index (χ2n) is 5.41. The number of aromatic nitrogens is 2. The molecule has 1 aromatic carbocycles. The Balaban J connectivity index is 2.42.